The van der Waals surface area contributed by atoms with Crippen molar-refractivity contribution >= 4 is 41.5 Å². The van der Waals surface area contributed by atoms with Crippen molar-refractivity contribution in [3.8, 4) is 0 Å². The van der Waals surface area contributed by atoms with Gasteiger partial charge in [0.05, 0.1) is 6.54 Å². The number of rotatable bonds is 7. The zero-order valence-electron chi connectivity index (χ0n) is 11.9. The first-order valence-corrected chi connectivity index (χ1v) is 6.42. The number of carbonyl (C=O) groups is 7. The highest BCUT2D eigenvalue weighted by Crippen LogP contribution is 2.25. The molecule has 0 amide bonds. The number of hydrogen-bond acceptors (Lipinski definition) is 10. The van der Waals surface area contributed by atoms with E-state index in [0.717, 1.165) is 6.92 Å². The molecule has 1 aliphatic rings. The Hall–Kier alpha value is -2.43. The molecule has 0 saturated heterocycles. The van der Waals surface area contributed by atoms with E-state index in [4.69, 9.17) is 10.4 Å². The first-order chi connectivity index (χ1) is 10.7. The van der Waals surface area contributed by atoms with Crippen LogP contribution in [0.4, 0.5) is 0 Å². The van der Waals surface area contributed by atoms with Crippen molar-refractivity contribution in [3.05, 3.63) is 0 Å². The predicted octanol–water partition coefficient (Wildman–Crippen LogP) is -2.19. The topological polar surface area (TPSA) is 163 Å². The minimum Gasteiger partial charge on any atom is -0.302 e. The molecule has 3 atom stereocenters. The average molecular weight is 327 g/mol. The third-order valence-electron chi connectivity index (χ3n) is 3.46. The fraction of sp³-hybridized carbons (Fsp3) is 0.462. The van der Waals surface area contributed by atoms with Crippen molar-refractivity contribution in [2.24, 2.45) is 23.7 Å². The molecule has 1 fully saturated rings. The highest BCUT2D eigenvalue weighted by molar-refractivity contribution is 6.51. The Kier molecular flexibility index (Phi) is 5.85. The number of hydroxylamine groups is 2. The zero-order valence-corrected chi connectivity index (χ0v) is 11.9. The van der Waals surface area contributed by atoms with Crippen molar-refractivity contribution in [1.29, 1.82) is 0 Å². The van der Waals surface area contributed by atoms with Gasteiger partial charge in [-0.3, -0.25) is 34.4 Å². The summed E-state index contributed by atoms with van der Waals surface area (Å²) in [4.78, 5) is 81.2. The van der Waals surface area contributed by atoms with Crippen LogP contribution < -0.4 is 0 Å². The third kappa shape index (κ3) is 3.50. The van der Waals surface area contributed by atoms with Crippen LogP contribution in [0.15, 0.2) is 0 Å². The quantitative estimate of drug-likeness (QED) is 0.227. The van der Waals surface area contributed by atoms with Crippen molar-refractivity contribution in [2.75, 3.05) is 6.54 Å². The Bertz CT molecular complexity index is 564. The second-order valence-corrected chi connectivity index (χ2v) is 5.05. The normalized spacial score (nSPS) is 26.1. The van der Waals surface area contributed by atoms with Crippen molar-refractivity contribution in [3.63, 3.8) is 0 Å². The Balaban J connectivity index is 3.15. The van der Waals surface area contributed by atoms with E-state index in [1.807, 2.05) is 0 Å². The van der Waals surface area contributed by atoms with Crippen LogP contribution in [-0.2, 0) is 33.6 Å². The summed E-state index contributed by atoms with van der Waals surface area (Å²) in [5, 5.41) is 16.9. The number of nitrogens with zero attached hydrogens (tertiary/aromatic N) is 1. The minimum atomic E-state index is -2.22. The van der Waals surface area contributed by atoms with Gasteiger partial charge in [0.2, 0.25) is 11.6 Å². The van der Waals surface area contributed by atoms with Gasteiger partial charge in [0.15, 0.2) is 17.3 Å². The second-order valence-electron chi connectivity index (χ2n) is 5.05. The van der Waals surface area contributed by atoms with Crippen LogP contribution >= 0.6 is 0 Å². The molecule has 124 valence electrons. The summed E-state index contributed by atoms with van der Waals surface area (Å²) in [6.07, 6.45) is -0.185. The van der Waals surface area contributed by atoms with Gasteiger partial charge in [0.1, 0.15) is 30.3 Å². The molecule has 1 rings (SSSR count). The lowest BCUT2D eigenvalue weighted by atomic mass is 9.70. The fourth-order valence-electron chi connectivity index (χ4n) is 2.21. The molecular weight excluding hydrogens is 314 g/mol. The lowest BCUT2D eigenvalue weighted by Gasteiger charge is -2.25. The van der Waals surface area contributed by atoms with Crippen LogP contribution in [0.1, 0.15) is 6.92 Å². The Labute approximate surface area is 128 Å². The number of Topliss-reactive ketones (excluding diaryl/α,β-unsaturated/α-hetero) is 5. The van der Waals surface area contributed by atoms with Crippen molar-refractivity contribution in [1.82, 2.24) is 5.23 Å². The van der Waals surface area contributed by atoms with Gasteiger partial charge in [0.25, 0.3) is 0 Å². The molecule has 0 aromatic rings. The summed E-state index contributed by atoms with van der Waals surface area (Å²) >= 11 is 0. The van der Waals surface area contributed by atoms with E-state index >= 15 is 0 Å². The van der Waals surface area contributed by atoms with E-state index in [-0.39, 0.29) is 17.8 Å². The Morgan fingerprint density at radius 1 is 1.04 bits per heavy atom. The Morgan fingerprint density at radius 3 is 1.83 bits per heavy atom. The molecule has 0 aliphatic heterocycles. The van der Waals surface area contributed by atoms with Gasteiger partial charge in [-0.25, -0.2) is 0 Å². The number of ketones is 5. The van der Waals surface area contributed by atoms with Crippen LogP contribution in [0.3, 0.4) is 0 Å². The van der Waals surface area contributed by atoms with E-state index < -0.39 is 59.1 Å². The lowest BCUT2D eigenvalue weighted by molar-refractivity contribution is -0.310. The first-order valence-electron chi connectivity index (χ1n) is 6.42. The SMILES string of the molecule is CC(CN(O)O)C(=O)C(=O)C1C(=O)C(C=O)C(=O)C(C=O)C1=O. The first kappa shape index (κ1) is 18.6. The summed E-state index contributed by atoms with van der Waals surface area (Å²) in [5.41, 5.74) is 0. The zero-order chi connectivity index (χ0) is 17.9. The third-order valence-corrected chi connectivity index (χ3v) is 3.46. The number of hydrogen-bond donors (Lipinski definition) is 2. The molecule has 0 heterocycles. The monoisotopic (exact) mass is 327 g/mol. The predicted molar refractivity (Wildman–Crippen MR) is 67.1 cm³/mol. The van der Waals surface area contributed by atoms with Gasteiger partial charge in [-0.2, -0.15) is 0 Å². The molecule has 0 spiro atoms. The van der Waals surface area contributed by atoms with Gasteiger partial charge in [-0.05, 0) is 0 Å². The average Bonchev–Trinajstić information content (AvgIpc) is 2.46. The highest BCUT2D eigenvalue weighted by Gasteiger charge is 2.53. The van der Waals surface area contributed by atoms with Gasteiger partial charge in [-0.15, -0.1) is 0 Å². The fourth-order valence-corrected chi connectivity index (χ4v) is 2.21. The molecule has 2 N–H and O–H groups in total. The van der Waals surface area contributed by atoms with Gasteiger partial charge in [0, 0.05) is 5.92 Å². The smallest absolute Gasteiger partial charge is 0.216 e. The molecule has 10 heteroatoms. The number of aldehydes is 2. The lowest BCUT2D eigenvalue weighted by Crippen LogP contribution is -2.54. The van der Waals surface area contributed by atoms with Crippen LogP contribution in [0.2, 0.25) is 0 Å². The molecule has 0 aromatic heterocycles. The maximum absolute atomic E-state index is 12.1. The standard InChI is InChI=1S/C13H13NO9/c1-5(2-14(22)23)9(17)13(21)8-11(19)6(3-15)10(18)7(4-16)12(8)20/h3-8,22-23H,2H2,1H3. The van der Waals surface area contributed by atoms with Crippen molar-refractivity contribution in [2.45, 2.75) is 6.92 Å². The molecular formula is C13H13NO9. The van der Waals surface area contributed by atoms with Gasteiger partial charge < -0.3 is 9.59 Å². The molecule has 1 saturated carbocycles. The van der Waals surface area contributed by atoms with E-state index in [9.17, 15) is 33.6 Å². The second kappa shape index (κ2) is 7.22. The van der Waals surface area contributed by atoms with Gasteiger partial charge in [-0.1, -0.05) is 12.2 Å². The summed E-state index contributed by atoms with van der Waals surface area (Å²) in [5.74, 6) is -14.1. The summed E-state index contributed by atoms with van der Waals surface area (Å²) < 4.78 is 0. The summed E-state index contributed by atoms with van der Waals surface area (Å²) in [6, 6.07) is 0. The Morgan fingerprint density at radius 2 is 1.48 bits per heavy atom. The molecule has 0 bridgehead atoms. The van der Waals surface area contributed by atoms with Crippen LogP contribution in [0.25, 0.3) is 0 Å². The number of carbonyl (C=O) groups excluding carboxylic acids is 7. The van der Waals surface area contributed by atoms with Crippen LogP contribution in [0, 0.1) is 23.7 Å². The van der Waals surface area contributed by atoms with Crippen LogP contribution in [0.5, 0.6) is 0 Å². The molecule has 10 nitrogen and oxygen atoms in total. The molecule has 3 unspecified atom stereocenters. The van der Waals surface area contributed by atoms with E-state index in [1.165, 1.54) is 0 Å². The largest absolute Gasteiger partial charge is 0.302 e. The van der Waals surface area contributed by atoms with E-state index in [1.54, 1.807) is 0 Å². The van der Waals surface area contributed by atoms with Crippen LogP contribution in [-0.4, -0.2) is 63.7 Å². The molecule has 1 aliphatic carbocycles. The highest BCUT2D eigenvalue weighted by atomic mass is 16.8. The van der Waals surface area contributed by atoms with E-state index in [2.05, 4.69) is 0 Å². The van der Waals surface area contributed by atoms with Gasteiger partial charge >= 0.3 is 0 Å². The maximum Gasteiger partial charge on any atom is 0.216 e. The molecule has 23 heavy (non-hydrogen) atoms. The molecule has 0 aromatic carbocycles. The maximum atomic E-state index is 12.1. The molecule has 0 radical (unpaired) electrons. The summed E-state index contributed by atoms with van der Waals surface area (Å²) in [6.45, 7) is 0.462. The summed E-state index contributed by atoms with van der Waals surface area (Å²) in [7, 11) is 0. The van der Waals surface area contributed by atoms with E-state index in [0.29, 0.717) is 0 Å². The van der Waals surface area contributed by atoms with Crippen molar-refractivity contribution < 1.29 is 44.0 Å². The minimum absolute atomic E-state index is 0.0923.